The van der Waals surface area contributed by atoms with Crippen LogP contribution in [0, 0.1) is 19.8 Å². The number of para-hydroxylation sites is 2. The van der Waals surface area contributed by atoms with E-state index in [-0.39, 0.29) is 42.9 Å². The number of benzene rings is 3. The Balaban J connectivity index is 1.30. The first-order valence-electron chi connectivity index (χ1n) is 16.6. The number of likely N-dealkylation sites (N-methyl/N-ethyl adjacent to an activating group) is 1. The van der Waals surface area contributed by atoms with E-state index in [1.807, 2.05) is 45.2 Å². The quantitative estimate of drug-likeness (QED) is 0.143. The van der Waals surface area contributed by atoms with Crippen molar-refractivity contribution in [1.29, 1.82) is 0 Å². The molecule has 50 heavy (non-hydrogen) atoms. The molecule has 2 heterocycles. The molecule has 4 amide bonds. The van der Waals surface area contributed by atoms with Gasteiger partial charge in [0.1, 0.15) is 23.2 Å². The first-order chi connectivity index (χ1) is 23.9. The lowest BCUT2D eigenvalue weighted by atomic mass is 10.0. The van der Waals surface area contributed by atoms with Gasteiger partial charge in [-0.25, -0.2) is 4.79 Å². The highest BCUT2D eigenvalue weighted by Crippen LogP contribution is 2.30. The van der Waals surface area contributed by atoms with Crippen LogP contribution in [0.4, 0.5) is 27.5 Å². The number of hydrogen-bond donors (Lipinski definition) is 5. The average molecular weight is 684 g/mol. The molecule has 0 spiro atoms. The Bertz CT molecular complexity index is 1810. The first kappa shape index (κ1) is 35.9. The van der Waals surface area contributed by atoms with Crippen molar-refractivity contribution < 1.29 is 28.8 Å². The molecule has 13 heteroatoms. The number of aromatic nitrogens is 1. The van der Waals surface area contributed by atoms with Gasteiger partial charge in [0.15, 0.2) is 5.76 Å². The van der Waals surface area contributed by atoms with Gasteiger partial charge in [0.25, 0.3) is 5.91 Å². The molecule has 264 valence electrons. The van der Waals surface area contributed by atoms with E-state index >= 15 is 0 Å². The third kappa shape index (κ3) is 8.79. The Hall–Kier alpha value is -5.40. The van der Waals surface area contributed by atoms with E-state index in [0.717, 1.165) is 5.56 Å². The topological polar surface area (TPSA) is 175 Å². The van der Waals surface area contributed by atoms with Crippen LogP contribution in [-0.2, 0) is 17.8 Å². The predicted octanol–water partition coefficient (Wildman–Crippen LogP) is 5.05. The number of amides is 4. The van der Waals surface area contributed by atoms with Gasteiger partial charge in [0, 0.05) is 42.4 Å². The number of nitrogens with one attached hydrogen (secondary N) is 3. The molecule has 1 aromatic heterocycles. The molecule has 1 aliphatic heterocycles. The molecule has 0 unspecified atom stereocenters. The summed E-state index contributed by atoms with van der Waals surface area (Å²) in [6, 6.07) is 18.9. The summed E-state index contributed by atoms with van der Waals surface area (Å²) < 4.78 is 11.8. The van der Waals surface area contributed by atoms with Crippen molar-refractivity contribution in [3.63, 3.8) is 0 Å². The van der Waals surface area contributed by atoms with Gasteiger partial charge in [-0.2, -0.15) is 0 Å². The monoisotopic (exact) mass is 683 g/mol. The Kier molecular flexibility index (Phi) is 11.4. The van der Waals surface area contributed by atoms with Crippen LogP contribution in [-0.4, -0.2) is 76.8 Å². The predicted molar refractivity (Wildman–Crippen MR) is 192 cm³/mol. The van der Waals surface area contributed by atoms with Crippen LogP contribution in [0.3, 0.4) is 0 Å². The normalized spacial score (nSPS) is 16.8. The zero-order chi connectivity index (χ0) is 35.9. The lowest BCUT2D eigenvalue weighted by molar-refractivity contribution is -0.134. The van der Waals surface area contributed by atoms with Gasteiger partial charge in [0.2, 0.25) is 5.91 Å². The SMILES string of the molecule is Cc1noc(C)c1NC(=O)Nc1ccc2c(c1)CC(=O)N([C@H](C)CO)C[C@@H](C)[C@@H](CN(C)Cc1ccc(C(=O)Nc3ccccc3N)cc1)O2. The second-order valence-corrected chi connectivity index (χ2v) is 12.9. The molecule has 0 saturated carbocycles. The number of carbonyl (C=O) groups excluding carboxylic acids is 3. The number of fused-ring (bicyclic) bond motifs is 1. The molecule has 4 aromatic rings. The molecular formula is C37H45N7O6. The van der Waals surface area contributed by atoms with Gasteiger partial charge in [0.05, 0.1) is 30.4 Å². The molecular weight excluding hydrogens is 638 g/mol. The summed E-state index contributed by atoms with van der Waals surface area (Å²) in [7, 11) is 1.99. The number of rotatable bonds is 10. The summed E-state index contributed by atoms with van der Waals surface area (Å²) in [5.41, 5.74) is 10.7. The smallest absolute Gasteiger partial charge is 0.323 e. The second-order valence-electron chi connectivity index (χ2n) is 12.9. The van der Waals surface area contributed by atoms with Crippen LogP contribution >= 0.6 is 0 Å². The van der Waals surface area contributed by atoms with Crippen molar-refractivity contribution >= 4 is 40.6 Å². The minimum absolute atomic E-state index is 0.0345. The van der Waals surface area contributed by atoms with Crippen molar-refractivity contribution in [3.05, 3.63) is 94.9 Å². The highest BCUT2D eigenvalue weighted by molar-refractivity contribution is 6.05. The molecule has 1 aliphatic rings. The van der Waals surface area contributed by atoms with E-state index in [9.17, 15) is 19.5 Å². The molecule has 6 N–H and O–H groups in total. The van der Waals surface area contributed by atoms with E-state index in [0.29, 0.717) is 70.7 Å². The molecule has 5 rings (SSSR count). The third-order valence-corrected chi connectivity index (χ3v) is 8.82. The maximum absolute atomic E-state index is 13.6. The van der Waals surface area contributed by atoms with Gasteiger partial charge in [-0.1, -0.05) is 36.3 Å². The third-order valence-electron chi connectivity index (χ3n) is 8.82. The van der Waals surface area contributed by atoms with Crippen molar-refractivity contribution in [2.45, 2.75) is 52.8 Å². The number of aliphatic hydroxyl groups excluding tert-OH is 1. The van der Waals surface area contributed by atoms with Crippen molar-refractivity contribution in [1.82, 2.24) is 15.0 Å². The lowest BCUT2D eigenvalue weighted by Gasteiger charge is -2.34. The molecule has 0 aliphatic carbocycles. The second kappa shape index (κ2) is 15.9. The fourth-order valence-corrected chi connectivity index (χ4v) is 5.91. The van der Waals surface area contributed by atoms with Gasteiger partial charge in [-0.3, -0.25) is 14.5 Å². The molecule has 0 fully saturated rings. The van der Waals surface area contributed by atoms with Crippen molar-refractivity contribution in [2.75, 3.05) is 48.4 Å². The fraction of sp³-hybridized carbons (Fsp3) is 0.351. The highest BCUT2D eigenvalue weighted by Gasteiger charge is 2.31. The average Bonchev–Trinajstić information content (AvgIpc) is 3.42. The number of carbonyl (C=O) groups is 3. The number of aliphatic hydroxyl groups is 1. The maximum atomic E-state index is 13.6. The van der Waals surface area contributed by atoms with Crippen LogP contribution in [0.5, 0.6) is 5.75 Å². The fourth-order valence-electron chi connectivity index (χ4n) is 5.91. The van der Waals surface area contributed by atoms with Gasteiger partial charge >= 0.3 is 6.03 Å². The maximum Gasteiger partial charge on any atom is 0.323 e. The minimum Gasteiger partial charge on any atom is -0.488 e. The van der Waals surface area contributed by atoms with Gasteiger partial charge in [-0.15, -0.1) is 0 Å². The number of aryl methyl sites for hydroxylation is 2. The largest absolute Gasteiger partial charge is 0.488 e. The van der Waals surface area contributed by atoms with Crippen molar-refractivity contribution in [3.8, 4) is 5.75 Å². The summed E-state index contributed by atoms with van der Waals surface area (Å²) in [4.78, 5) is 43.1. The molecule has 0 saturated heterocycles. The van der Waals surface area contributed by atoms with E-state index in [2.05, 4.69) is 26.0 Å². The van der Waals surface area contributed by atoms with Crippen LogP contribution < -0.4 is 26.4 Å². The first-order valence-corrected chi connectivity index (χ1v) is 16.6. The van der Waals surface area contributed by atoms with Crippen LogP contribution in [0.25, 0.3) is 0 Å². The van der Waals surface area contributed by atoms with E-state index in [1.165, 1.54) is 0 Å². The number of hydrogen-bond acceptors (Lipinski definition) is 9. The van der Waals surface area contributed by atoms with Crippen LogP contribution in [0.1, 0.15) is 46.8 Å². The number of ether oxygens (including phenoxy) is 1. The Morgan fingerprint density at radius 1 is 1.08 bits per heavy atom. The summed E-state index contributed by atoms with van der Waals surface area (Å²) in [6.45, 7) is 8.65. The lowest BCUT2D eigenvalue weighted by Crippen LogP contribution is -2.47. The minimum atomic E-state index is -0.479. The van der Waals surface area contributed by atoms with Crippen LogP contribution in [0.2, 0.25) is 0 Å². The van der Waals surface area contributed by atoms with Crippen LogP contribution in [0.15, 0.2) is 71.3 Å². The number of nitrogen functional groups attached to an aromatic ring is 1. The highest BCUT2D eigenvalue weighted by atomic mass is 16.5. The summed E-state index contributed by atoms with van der Waals surface area (Å²) in [6.07, 6.45) is -0.284. The van der Waals surface area contributed by atoms with Gasteiger partial charge < -0.3 is 41.0 Å². The van der Waals surface area contributed by atoms with Gasteiger partial charge in [-0.05, 0) is 75.8 Å². The van der Waals surface area contributed by atoms with E-state index < -0.39 is 6.03 Å². The molecule has 0 bridgehead atoms. The molecule has 0 radical (unpaired) electrons. The zero-order valence-corrected chi connectivity index (χ0v) is 29.0. The Labute approximate surface area is 291 Å². The van der Waals surface area contributed by atoms with E-state index in [4.69, 9.17) is 15.0 Å². The summed E-state index contributed by atoms with van der Waals surface area (Å²) in [5, 5.41) is 22.3. The summed E-state index contributed by atoms with van der Waals surface area (Å²) in [5.74, 6) is 0.562. The van der Waals surface area contributed by atoms with Crippen molar-refractivity contribution in [2.24, 2.45) is 5.92 Å². The molecule has 3 atom stereocenters. The molecule has 3 aromatic carbocycles. The number of urea groups is 1. The van der Waals surface area contributed by atoms with E-state index in [1.54, 1.807) is 61.2 Å². The number of nitrogens with two attached hydrogens (primary N) is 1. The number of nitrogens with zero attached hydrogens (tertiary/aromatic N) is 3. The zero-order valence-electron chi connectivity index (χ0n) is 29.0. The summed E-state index contributed by atoms with van der Waals surface area (Å²) >= 11 is 0. The standard InChI is InChI=1S/C37H45N7O6/c1-22-18-44(23(2)21-45)34(46)17-28-16-29(39-37(48)41-35-24(3)42-50-25(35)4)14-15-32(28)49-33(22)20-43(5)19-26-10-12-27(13-11-26)36(47)40-31-9-7-6-8-30(31)38/h6-16,22-23,33,45H,17-21,38H2,1-5H3,(H,40,47)(H2,39,41,48)/t22-,23-,33-/m1/s1. The Morgan fingerprint density at radius 2 is 1.82 bits per heavy atom. The number of anilines is 4. The Morgan fingerprint density at radius 3 is 2.50 bits per heavy atom. The molecule has 13 nitrogen and oxygen atoms in total.